The van der Waals surface area contributed by atoms with Crippen LogP contribution in [0.2, 0.25) is 0 Å². The van der Waals surface area contributed by atoms with Crippen molar-refractivity contribution < 1.29 is 8.42 Å². The number of benzene rings is 1. The van der Waals surface area contributed by atoms with Gasteiger partial charge in [-0.15, -0.1) is 0 Å². The zero-order valence-corrected chi connectivity index (χ0v) is 15.4. The maximum atomic E-state index is 12.0. The van der Waals surface area contributed by atoms with Crippen molar-refractivity contribution >= 4 is 26.7 Å². The summed E-state index contributed by atoms with van der Waals surface area (Å²) in [5.41, 5.74) is 2.77. The van der Waals surface area contributed by atoms with Gasteiger partial charge in [0.1, 0.15) is 11.5 Å². The fraction of sp³-hybridized carbons (Fsp3) is 0.333. The molecule has 0 bridgehead atoms. The summed E-state index contributed by atoms with van der Waals surface area (Å²) in [6.07, 6.45) is 3.47. The molecular formula is C18H21N5O2S. The molecule has 1 aromatic carbocycles. The molecule has 26 heavy (non-hydrogen) atoms. The van der Waals surface area contributed by atoms with Gasteiger partial charge in [-0.05, 0) is 19.1 Å². The third-order valence-electron chi connectivity index (χ3n) is 4.75. The predicted molar refractivity (Wildman–Crippen MR) is 103 cm³/mol. The van der Waals surface area contributed by atoms with Gasteiger partial charge >= 0.3 is 0 Å². The second-order valence-electron chi connectivity index (χ2n) is 6.32. The molecule has 0 spiro atoms. The van der Waals surface area contributed by atoms with Crippen LogP contribution in [0.25, 0.3) is 22.3 Å². The number of hydrogen-bond donors (Lipinski definition) is 1. The van der Waals surface area contributed by atoms with Gasteiger partial charge in [-0.2, -0.15) is 4.31 Å². The molecule has 2 aromatic heterocycles. The predicted octanol–water partition coefficient (Wildman–Crippen LogP) is 2.10. The average Bonchev–Trinajstić information content (AvgIpc) is 3.12. The fourth-order valence-electron chi connectivity index (χ4n) is 3.23. The normalized spacial score (nSPS) is 16.3. The number of sulfonamides is 1. The number of aromatic amines is 1. The second-order valence-corrected chi connectivity index (χ2v) is 8.58. The van der Waals surface area contributed by atoms with E-state index in [1.54, 1.807) is 23.6 Å². The standard InChI is InChI=1S/C18H21N5O2S/c1-2-26(24,25)23-9-7-22(8-10-23)18-13-19-12-17(21-18)16-11-14-5-3-4-6-15(14)20-16/h3-6,11-13,20H,2,7-10H2,1H3. The van der Waals surface area contributed by atoms with Gasteiger partial charge in [0.05, 0.1) is 23.8 Å². The molecule has 0 unspecified atom stereocenters. The molecule has 8 heteroatoms. The van der Waals surface area contributed by atoms with Crippen molar-refractivity contribution in [2.75, 3.05) is 36.8 Å². The third-order valence-corrected chi connectivity index (χ3v) is 6.63. The maximum Gasteiger partial charge on any atom is 0.213 e. The third kappa shape index (κ3) is 3.17. The average molecular weight is 371 g/mol. The number of hydrogen-bond acceptors (Lipinski definition) is 5. The van der Waals surface area contributed by atoms with Crippen LogP contribution in [0.15, 0.2) is 42.7 Å². The Labute approximate surface area is 152 Å². The van der Waals surface area contributed by atoms with Crippen LogP contribution >= 0.6 is 0 Å². The monoisotopic (exact) mass is 371 g/mol. The highest BCUT2D eigenvalue weighted by Crippen LogP contribution is 2.24. The van der Waals surface area contributed by atoms with Gasteiger partial charge in [0.15, 0.2) is 0 Å². The molecule has 0 atom stereocenters. The molecule has 3 heterocycles. The van der Waals surface area contributed by atoms with Crippen molar-refractivity contribution in [2.24, 2.45) is 0 Å². The second kappa shape index (κ2) is 6.69. The Hall–Kier alpha value is -2.45. The molecule has 1 aliphatic heterocycles. The van der Waals surface area contributed by atoms with Crippen LogP contribution in [-0.2, 0) is 10.0 Å². The number of aromatic nitrogens is 3. The molecule has 136 valence electrons. The molecule has 0 amide bonds. The number of rotatable bonds is 4. The lowest BCUT2D eigenvalue weighted by Gasteiger charge is -2.34. The smallest absolute Gasteiger partial charge is 0.213 e. The minimum Gasteiger partial charge on any atom is -0.353 e. The van der Waals surface area contributed by atoms with Crippen LogP contribution in [0, 0.1) is 0 Å². The van der Waals surface area contributed by atoms with E-state index in [1.807, 2.05) is 18.2 Å². The first kappa shape index (κ1) is 17.0. The topological polar surface area (TPSA) is 82.2 Å². The molecule has 0 aliphatic carbocycles. The van der Waals surface area contributed by atoms with E-state index in [9.17, 15) is 8.42 Å². The number of nitrogens with zero attached hydrogens (tertiary/aromatic N) is 4. The Balaban J connectivity index is 1.55. The van der Waals surface area contributed by atoms with Gasteiger partial charge in [-0.25, -0.2) is 13.4 Å². The lowest BCUT2D eigenvalue weighted by Crippen LogP contribution is -2.49. The first-order valence-electron chi connectivity index (χ1n) is 8.70. The number of para-hydroxylation sites is 1. The Kier molecular flexibility index (Phi) is 4.37. The van der Waals surface area contributed by atoms with Crippen LogP contribution in [-0.4, -0.2) is 59.6 Å². The van der Waals surface area contributed by atoms with Gasteiger partial charge in [0.2, 0.25) is 10.0 Å². The minimum absolute atomic E-state index is 0.142. The summed E-state index contributed by atoms with van der Waals surface area (Å²) >= 11 is 0. The number of nitrogens with one attached hydrogen (secondary N) is 1. The van der Waals surface area contributed by atoms with Crippen molar-refractivity contribution in [3.63, 3.8) is 0 Å². The van der Waals surface area contributed by atoms with Gasteiger partial charge in [-0.1, -0.05) is 18.2 Å². The maximum absolute atomic E-state index is 12.0. The van der Waals surface area contributed by atoms with E-state index >= 15 is 0 Å². The lowest BCUT2D eigenvalue weighted by molar-refractivity contribution is 0.384. The minimum atomic E-state index is -3.13. The summed E-state index contributed by atoms with van der Waals surface area (Å²) in [5, 5.41) is 1.13. The SMILES string of the molecule is CCS(=O)(=O)N1CCN(c2cncc(-c3cc4ccccc4[nH]3)n2)CC1. The van der Waals surface area contributed by atoms with Crippen LogP contribution in [0.1, 0.15) is 6.92 Å². The van der Waals surface area contributed by atoms with E-state index in [1.165, 1.54) is 0 Å². The van der Waals surface area contributed by atoms with Gasteiger partial charge < -0.3 is 9.88 Å². The van der Waals surface area contributed by atoms with E-state index in [-0.39, 0.29) is 5.75 Å². The van der Waals surface area contributed by atoms with Crippen LogP contribution < -0.4 is 4.90 Å². The van der Waals surface area contributed by atoms with Crippen molar-refractivity contribution in [1.29, 1.82) is 0 Å². The van der Waals surface area contributed by atoms with E-state index in [4.69, 9.17) is 4.98 Å². The Morgan fingerprint density at radius 1 is 1.12 bits per heavy atom. The van der Waals surface area contributed by atoms with Crippen LogP contribution in [0.5, 0.6) is 0 Å². The van der Waals surface area contributed by atoms with Crippen molar-refractivity contribution in [1.82, 2.24) is 19.3 Å². The molecule has 1 fully saturated rings. The molecule has 0 radical (unpaired) electrons. The highest BCUT2D eigenvalue weighted by Gasteiger charge is 2.26. The first-order chi connectivity index (χ1) is 12.6. The zero-order valence-electron chi connectivity index (χ0n) is 14.6. The molecule has 3 aromatic rings. The summed E-state index contributed by atoms with van der Waals surface area (Å²) in [5.74, 6) is 0.914. The van der Waals surface area contributed by atoms with Crippen molar-refractivity contribution in [3.05, 3.63) is 42.7 Å². The van der Waals surface area contributed by atoms with Crippen molar-refractivity contribution in [3.8, 4) is 11.4 Å². The molecule has 0 saturated carbocycles. The van der Waals surface area contributed by atoms with E-state index in [0.717, 1.165) is 28.1 Å². The van der Waals surface area contributed by atoms with Gasteiger partial charge in [0, 0.05) is 37.1 Å². The Morgan fingerprint density at radius 3 is 2.62 bits per heavy atom. The molecular weight excluding hydrogens is 350 g/mol. The number of fused-ring (bicyclic) bond motifs is 1. The molecule has 1 saturated heterocycles. The van der Waals surface area contributed by atoms with Crippen LogP contribution in [0.4, 0.5) is 5.82 Å². The zero-order chi connectivity index (χ0) is 18.1. The summed E-state index contributed by atoms with van der Waals surface area (Å²) in [4.78, 5) is 14.5. The first-order valence-corrected chi connectivity index (χ1v) is 10.3. The summed E-state index contributed by atoms with van der Waals surface area (Å²) in [6, 6.07) is 10.2. The molecule has 7 nitrogen and oxygen atoms in total. The fourth-order valence-corrected chi connectivity index (χ4v) is 4.31. The number of H-pyrrole nitrogens is 1. The van der Waals surface area contributed by atoms with Crippen molar-refractivity contribution in [2.45, 2.75) is 6.92 Å². The Bertz CT molecular complexity index is 990. The summed E-state index contributed by atoms with van der Waals surface area (Å²) in [6.45, 7) is 3.87. The quantitative estimate of drug-likeness (QED) is 0.759. The summed E-state index contributed by atoms with van der Waals surface area (Å²) < 4.78 is 25.5. The highest BCUT2D eigenvalue weighted by atomic mass is 32.2. The largest absolute Gasteiger partial charge is 0.353 e. The van der Waals surface area contributed by atoms with E-state index in [2.05, 4.69) is 27.0 Å². The molecule has 1 aliphatic rings. The number of anilines is 1. The molecule has 4 rings (SSSR count). The van der Waals surface area contributed by atoms with Gasteiger partial charge in [-0.3, -0.25) is 4.98 Å². The Morgan fingerprint density at radius 2 is 1.88 bits per heavy atom. The molecule has 1 N–H and O–H groups in total. The summed E-state index contributed by atoms with van der Waals surface area (Å²) in [7, 11) is -3.13. The number of piperazine rings is 1. The van der Waals surface area contributed by atoms with E-state index < -0.39 is 10.0 Å². The lowest BCUT2D eigenvalue weighted by atomic mass is 10.2. The van der Waals surface area contributed by atoms with Crippen LogP contribution in [0.3, 0.4) is 0 Å². The van der Waals surface area contributed by atoms with E-state index in [0.29, 0.717) is 26.2 Å². The van der Waals surface area contributed by atoms with Gasteiger partial charge in [0.25, 0.3) is 0 Å². The highest BCUT2D eigenvalue weighted by molar-refractivity contribution is 7.89.